The van der Waals surface area contributed by atoms with Crippen LogP contribution in [0.2, 0.25) is 0 Å². The Bertz CT molecular complexity index is 644. The fourth-order valence-corrected chi connectivity index (χ4v) is 4.39. The summed E-state index contributed by atoms with van der Waals surface area (Å²) in [4.78, 5) is 10.9. The van der Waals surface area contributed by atoms with Gasteiger partial charge in [0.2, 0.25) is 15.4 Å². The highest BCUT2D eigenvalue weighted by atomic mass is 32.2. The first kappa shape index (κ1) is 14.8. The van der Waals surface area contributed by atoms with E-state index in [0.29, 0.717) is 0 Å². The number of amides is 1. The first-order valence-electron chi connectivity index (χ1n) is 5.95. The van der Waals surface area contributed by atoms with Crippen LogP contribution < -0.4 is 5.32 Å². The van der Waals surface area contributed by atoms with Gasteiger partial charge in [0.1, 0.15) is 0 Å². The van der Waals surface area contributed by atoms with E-state index >= 15 is 0 Å². The van der Waals surface area contributed by atoms with Crippen LogP contribution in [0.4, 0.5) is 5.13 Å². The van der Waals surface area contributed by atoms with Crippen LogP contribution in [0.15, 0.2) is 4.34 Å². The summed E-state index contributed by atoms with van der Waals surface area (Å²) in [6, 6.07) is 1.89. The van der Waals surface area contributed by atoms with Crippen molar-refractivity contribution in [1.29, 1.82) is 5.26 Å². The van der Waals surface area contributed by atoms with E-state index in [0.717, 1.165) is 24.2 Å². The van der Waals surface area contributed by atoms with Crippen LogP contribution in [-0.4, -0.2) is 41.4 Å². The van der Waals surface area contributed by atoms with Gasteiger partial charge in [-0.15, -0.1) is 10.2 Å². The van der Waals surface area contributed by atoms with Crippen molar-refractivity contribution in [2.24, 2.45) is 0 Å². The molecule has 1 aliphatic carbocycles. The maximum atomic E-state index is 12.4. The van der Waals surface area contributed by atoms with Gasteiger partial charge in [0.05, 0.1) is 6.07 Å². The maximum absolute atomic E-state index is 12.4. The van der Waals surface area contributed by atoms with Gasteiger partial charge in [0.15, 0.2) is 0 Å². The summed E-state index contributed by atoms with van der Waals surface area (Å²) in [5.74, 6) is -0.339. The molecule has 1 saturated carbocycles. The van der Waals surface area contributed by atoms with Crippen LogP contribution in [0.5, 0.6) is 0 Å². The maximum Gasteiger partial charge on any atom is 0.272 e. The zero-order valence-corrected chi connectivity index (χ0v) is 12.4. The molecule has 0 bridgehead atoms. The number of hydrogen-bond acceptors (Lipinski definition) is 7. The second-order valence-corrected chi connectivity index (χ2v) is 7.35. The molecule has 0 unspecified atom stereocenters. The number of nitrogens with zero attached hydrogens (tertiary/aromatic N) is 4. The lowest BCUT2D eigenvalue weighted by molar-refractivity contribution is -0.114. The second-order valence-electron chi connectivity index (χ2n) is 4.31. The number of rotatable bonds is 6. The molecular formula is C10H13N5O3S2. The number of nitrogens with one attached hydrogen (secondary N) is 1. The smallest absolute Gasteiger partial charge is 0.272 e. The Balaban J connectivity index is 2.21. The average molecular weight is 315 g/mol. The van der Waals surface area contributed by atoms with Gasteiger partial charge in [-0.3, -0.25) is 4.79 Å². The van der Waals surface area contributed by atoms with Crippen LogP contribution in [0.3, 0.4) is 0 Å². The molecule has 0 atom stereocenters. The van der Waals surface area contributed by atoms with E-state index in [2.05, 4.69) is 15.5 Å². The second kappa shape index (κ2) is 5.82. The van der Waals surface area contributed by atoms with Gasteiger partial charge >= 0.3 is 0 Å². The molecule has 108 valence electrons. The topological polar surface area (TPSA) is 116 Å². The first-order chi connectivity index (χ1) is 9.45. The molecule has 1 aromatic heterocycles. The Labute approximate surface area is 120 Å². The molecule has 2 rings (SSSR count). The van der Waals surface area contributed by atoms with E-state index in [1.807, 2.05) is 6.07 Å². The molecule has 1 aliphatic rings. The minimum Gasteiger partial charge on any atom is -0.301 e. The molecule has 20 heavy (non-hydrogen) atoms. The molecule has 0 spiro atoms. The highest BCUT2D eigenvalue weighted by Crippen LogP contribution is 2.33. The molecule has 0 aliphatic heterocycles. The van der Waals surface area contributed by atoms with Crippen LogP contribution >= 0.6 is 11.3 Å². The lowest BCUT2D eigenvalue weighted by atomic mass is 10.4. The Hall–Kier alpha value is -1.57. The standard InChI is InChI=1S/C10H13N5O3S2/c1-7(16)12-9-13-14-10(19-9)20(17,18)15(6-2-5-11)8-3-4-8/h8H,2-4,6H2,1H3,(H,12,13,16). The zero-order chi connectivity index (χ0) is 14.8. The minimum absolute atomic E-state index is 0.0542. The molecule has 0 aromatic carbocycles. The van der Waals surface area contributed by atoms with E-state index in [-0.39, 0.29) is 34.4 Å². The van der Waals surface area contributed by atoms with Crippen molar-refractivity contribution in [3.05, 3.63) is 0 Å². The monoisotopic (exact) mass is 315 g/mol. The molecule has 0 saturated heterocycles. The number of anilines is 1. The van der Waals surface area contributed by atoms with Crippen LogP contribution in [0.25, 0.3) is 0 Å². The predicted molar refractivity (Wildman–Crippen MR) is 71.4 cm³/mol. The summed E-state index contributed by atoms with van der Waals surface area (Å²) >= 11 is 0.808. The number of carbonyl (C=O) groups excluding carboxylic acids is 1. The van der Waals surface area contributed by atoms with Crippen LogP contribution in [-0.2, 0) is 14.8 Å². The van der Waals surface area contributed by atoms with Gasteiger partial charge < -0.3 is 5.32 Å². The first-order valence-corrected chi connectivity index (χ1v) is 8.20. The number of carbonyl (C=O) groups is 1. The Morgan fingerprint density at radius 3 is 2.80 bits per heavy atom. The van der Waals surface area contributed by atoms with Crippen LogP contribution in [0, 0.1) is 11.3 Å². The van der Waals surface area contributed by atoms with E-state index in [1.165, 1.54) is 11.2 Å². The quantitative estimate of drug-likeness (QED) is 0.767. The number of sulfonamides is 1. The molecule has 8 nitrogen and oxygen atoms in total. The Morgan fingerprint density at radius 2 is 2.25 bits per heavy atom. The van der Waals surface area contributed by atoms with Gasteiger partial charge in [-0.05, 0) is 12.8 Å². The third-order valence-electron chi connectivity index (χ3n) is 2.62. The van der Waals surface area contributed by atoms with Gasteiger partial charge in [0, 0.05) is 25.9 Å². The molecule has 1 amide bonds. The summed E-state index contributed by atoms with van der Waals surface area (Å²) in [5.41, 5.74) is 0. The Morgan fingerprint density at radius 1 is 1.55 bits per heavy atom. The molecule has 1 fully saturated rings. The van der Waals surface area contributed by atoms with Crippen molar-refractivity contribution in [2.75, 3.05) is 11.9 Å². The highest BCUT2D eigenvalue weighted by molar-refractivity contribution is 7.91. The largest absolute Gasteiger partial charge is 0.301 e. The van der Waals surface area contributed by atoms with E-state index < -0.39 is 10.0 Å². The Kier molecular flexibility index (Phi) is 4.32. The highest BCUT2D eigenvalue weighted by Gasteiger charge is 2.39. The molecule has 0 radical (unpaired) electrons. The molecule has 1 N–H and O–H groups in total. The predicted octanol–water partition coefficient (Wildman–Crippen LogP) is 0.563. The van der Waals surface area contributed by atoms with Crippen molar-refractivity contribution in [3.63, 3.8) is 0 Å². The average Bonchev–Trinajstić information content (AvgIpc) is 3.08. The van der Waals surface area contributed by atoms with Crippen molar-refractivity contribution in [1.82, 2.24) is 14.5 Å². The number of nitriles is 1. The van der Waals surface area contributed by atoms with Crippen molar-refractivity contribution in [2.45, 2.75) is 36.6 Å². The van der Waals surface area contributed by atoms with E-state index in [1.54, 1.807) is 0 Å². The van der Waals surface area contributed by atoms with E-state index in [9.17, 15) is 13.2 Å². The lowest BCUT2D eigenvalue weighted by Gasteiger charge is -2.18. The summed E-state index contributed by atoms with van der Waals surface area (Å²) in [6.07, 6.45) is 1.72. The normalized spacial score (nSPS) is 15.1. The van der Waals surface area contributed by atoms with Gasteiger partial charge in [-0.2, -0.15) is 9.57 Å². The van der Waals surface area contributed by atoms with Crippen molar-refractivity contribution in [3.8, 4) is 6.07 Å². The molecule has 1 aromatic rings. The fourth-order valence-electron chi connectivity index (χ4n) is 1.64. The molecule has 10 heteroatoms. The van der Waals surface area contributed by atoms with Crippen molar-refractivity contribution < 1.29 is 13.2 Å². The fraction of sp³-hybridized carbons (Fsp3) is 0.600. The third-order valence-corrected chi connectivity index (χ3v) is 5.75. The van der Waals surface area contributed by atoms with Crippen LogP contribution in [0.1, 0.15) is 26.2 Å². The lowest BCUT2D eigenvalue weighted by Crippen LogP contribution is -2.33. The molecule has 1 heterocycles. The van der Waals surface area contributed by atoms with Gasteiger partial charge in [0.25, 0.3) is 10.0 Å². The summed E-state index contributed by atoms with van der Waals surface area (Å²) in [6.45, 7) is 1.46. The van der Waals surface area contributed by atoms with E-state index in [4.69, 9.17) is 5.26 Å². The van der Waals surface area contributed by atoms with Gasteiger partial charge in [-0.1, -0.05) is 11.3 Å². The number of hydrogen-bond donors (Lipinski definition) is 1. The molecular weight excluding hydrogens is 302 g/mol. The summed E-state index contributed by atoms with van der Waals surface area (Å²) in [7, 11) is -3.75. The third kappa shape index (κ3) is 3.30. The SMILES string of the molecule is CC(=O)Nc1nnc(S(=O)(=O)N(CCC#N)C2CC2)s1. The summed E-state index contributed by atoms with van der Waals surface area (Å²) < 4.78 is 26.0. The summed E-state index contributed by atoms with van der Waals surface area (Å²) in [5, 5.41) is 18.4. The van der Waals surface area contributed by atoms with Gasteiger partial charge in [-0.25, -0.2) is 8.42 Å². The number of aromatic nitrogens is 2. The minimum atomic E-state index is -3.75. The van der Waals surface area contributed by atoms with Crippen molar-refractivity contribution >= 4 is 32.4 Å². The zero-order valence-electron chi connectivity index (χ0n) is 10.7.